The maximum atomic E-state index is 12.1. The van der Waals surface area contributed by atoms with Crippen LogP contribution in [0, 0.1) is 16.7 Å². The standard InChI is InChI=1S/C16H30O2/c1-15(2,3)13(16(4,5)6)11-14(17)18-12-9-7-8-10-12/h12-13H,7-11H2,1-6H3. The molecular weight excluding hydrogens is 224 g/mol. The van der Waals surface area contributed by atoms with Crippen LogP contribution in [0.4, 0.5) is 0 Å². The fourth-order valence-corrected chi connectivity index (χ4v) is 3.32. The second kappa shape index (κ2) is 5.63. The summed E-state index contributed by atoms with van der Waals surface area (Å²) in [4.78, 5) is 12.1. The average Bonchev–Trinajstić information content (AvgIpc) is 2.63. The molecule has 2 nitrogen and oxygen atoms in total. The molecule has 0 aliphatic heterocycles. The summed E-state index contributed by atoms with van der Waals surface area (Å²) in [5, 5.41) is 0. The zero-order chi connectivity index (χ0) is 14.0. The summed E-state index contributed by atoms with van der Waals surface area (Å²) in [5.74, 6) is 0.343. The number of rotatable bonds is 3. The van der Waals surface area contributed by atoms with Crippen LogP contribution in [-0.4, -0.2) is 12.1 Å². The molecule has 0 radical (unpaired) electrons. The van der Waals surface area contributed by atoms with Crippen LogP contribution in [0.5, 0.6) is 0 Å². The van der Waals surface area contributed by atoms with Crippen molar-refractivity contribution < 1.29 is 9.53 Å². The van der Waals surface area contributed by atoms with E-state index in [1.807, 2.05) is 0 Å². The molecule has 0 spiro atoms. The summed E-state index contributed by atoms with van der Waals surface area (Å²) in [6.07, 6.45) is 5.27. The fourth-order valence-electron chi connectivity index (χ4n) is 3.32. The lowest BCUT2D eigenvalue weighted by molar-refractivity contribution is -0.152. The molecule has 1 fully saturated rings. The Kier molecular flexibility index (Phi) is 4.85. The molecule has 1 aliphatic carbocycles. The molecule has 1 rings (SSSR count). The molecule has 0 amide bonds. The van der Waals surface area contributed by atoms with E-state index in [-0.39, 0.29) is 22.9 Å². The van der Waals surface area contributed by atoms with E-state index in [1.165, 1.54) is 12.8 Å². The third-order valence-corrected chi connectivity index (χ3v) is 4.06. The van der Waals surface area contributed by atoms with Crippen LogP contribution >= 0.6 is 0 Å². The van der Waals surface area contributed by atoms with Gasteiger partial charge in [-0.15, -0.1) is 0 Å². The molecule has 106 valence electrons. The van der Waals surface area contributed by atoms with Gasteiger partial charge in [-0.25, -0.2) is 0 Å². The molecule has 2 heteroatoms. The second-order valence-electron chi connectivity index (χ2n) is 7.89. The van der Waals surface area contributed by atoms with Gasteiger partial charge < -0.3 is 4.74 Å². The molecule has 0 saturated heterocycles. The highest BCUT2D eigenvalue weighted by atomic mass is 16.5. The van der Waals surface area contributed by atoms with Gasteiger partial charge in [0.15, 0.2) is 0 Å². The van der Waals surface area contributed by atoms with Gasteiger partial charge in [-0.3, -0.25) is 4.79 Å². The third-order valence-electron chi connectivity index (χ3n) is 4.06. The van der Waals surface area contributed by atoms with Gasteiger partial charge in [0.2, 0.25) is 0 Å². The molecule has 0 aromatic rings. The summed E-state index contributed by atoms with van der Waals surface area (Å²) < 4.78 is 5.59. The van der Waals surface area contributed by atoms with E-state index in [0.717, 1.165) is 12.8 Å². The van der Waals surface area contributed by atoms with Gasteiger partial charge >= 0.3 is 5.97 Å². The van der Waals surface area contributed by atoms with Crippen molar-refractivity contribution in [1.82, 2.24) is 0 Å². The average molecular weight is 254 g/mol. The van der Waals surface area contributed by atoms with Crippen LogP contribution in [0.3, 0.4) is 0 Å². The lowest BCUT2D eigenvalue weighted by Gasteiger charge is -2.40. The predicted octanol–water partition coefficient (Wildman–Crippen LogP) is 4.57. The van der Waals surface area contributed by atoms with Crippen LogP contribution in [-0.2, 0) is 9.53 Å². The molecule has 0 unspecified atom stereocenters. The molecule has 0 aromatic heterocycles. The SMILES string of the molecule is CC(C)(C)C(CC(=O)OC1CCCC1)C(C)(C)C. The van der Waals surface area contributed by atoms with Crippen molar-refractivity contribution in [1.29, 1.82) is 0 Å². The van der Waals surface area contributed by atoms with Crippen molar-refractivity contribution in [2.24, 2.45) is 16.7 Å². The van der Waals surface area contributed by atoms with E-state index >= 15 is 0 Å². The first-order chi connectivity index (χ1) is 8.10. The Hall–Kier alpha value is -0.530. The number of carbonyl (C=O) groups excluding carboxylic acids is 1. The highest BCUT2D eigenvalue weighted by molar-refractivity contribution is 5.70. The van der Waals surface area contributed by atoms with Gasteiger partial charge in [-0.05, 0) is 42.4 Å². The maximum absolute atomic E-state index is 12.1. The Morgan fingerprint density at radius 1 is 1.06 bits per heavy atom. The van der Waals surface area contributed by atoms with Gasteiger partial charge in [0.05, 0.1) is 0 Å². The lowest BCUT2D eigenvalue weighted by atomic mass is 9.65. The van der Waals surface area contributed by atoms with E-state index < -0.39 is 0 Å². The largest absolute Gasteiger partial charge is 0.462 e. The van der Waals surface area contributed by atoms with E-state index in [0.29, 0.717) is 12.3 Å². The van der Waals surface area contributed by atoms with Crippen molar-refractivity contribution in [2.75, 3.05) is 0 Å². The molecule has 0 aromatic carbocycles. The first-order valence-electron chi connectivity index (χ1n) is 7.30. The smallest absolute Gasteiger partial charge is 0.306 e. The monoisotopic (exact) mass is 254 g/mol. The van der Waals surface area contributed by atoms with Gasteiger partial charge in [0, 0.05) is 6.42 Å². The van der Waals surface area contributed by atoms with Crippen molar-refractivity contribution in [2.45, 2.75) is 79.8 Å². The zero-order valence-corrected chi connectivity index (χ0v) is 13.0. The first kappa shape index (κ1) is 15.5. The van der Waals surface area contributed by atoms with E-state index in [2.05, 4.69) is 41.5 Å². The number of hydrogen-bond acceptors (Lipinski definition) is 2. The highest BCUT2D eigenvalue weighted by Gasteiger charge is 2.37. The summed E-state index contributed by atoms with van der Waals surface area (Å²) in [6, 6.07) is 0. The summed E-state index contributed by atoms with van der Waals surface area (Å²) in [5.41, 5.74) is 0.264. The Labute approximate surface area is 112 Å². The topological polar surface area (TPSA) is 26.3 Å². The van der Waals surface area contributed by atoms with Crippen LogP contribution in [0.1, 0.15) is 73.6 Å². The van der Waals surface area contributed by atoms with Crippen molar-refractivity contribution in [3.63, 3.8) is 0 Å². The lowest BCUT2D eigenvalue weighted by Crippen LogP contribution is -2.35. The van der Waals surface area contributed by atoms with Crippen molar-refractivity contribution >= 4 is 5.97 Å². The van der Waals surface area contributed by atoms with Gasteiger partial charge in [-0.2, -0.15) is 0 Å². The zero-order valence-electron chi connectivity index (χ0n) is 13.0. The quantitative estimate of drug-likeness (QED) is 0.690. The van der Waals surface area contributed by atoms with Gasteiger partial charge in [-0.1, -0.05) is 41.5 Å². The summed E-state index contributed by atoms with van der Waals surface area (Å²) in [6.45, 7) is 13.3. The van der Waals surface area contributed by atoms with Crippen LogP contribution < -0.4 is 0 Å². The van der Waals surface area contributed by atoms with Crippen LogP contribution in [0.15, 0.2) is 0 Å². The number of esters is 1. The Morgan fingerprint density at radius 2 is 1.50 bits per heavy atom. The molecule has 1 saturated carbocycles. The first-order valence-corrected chi connectivity index (χ1v) is 7.30. The minimum atomic E-state index is -0.00301. The fraction of sp³-hybridized carbons (Fsp3) is 0.938. The molecule has 0 heterocycles. The van der Waals surface area contributed by atoms with E-state index in [1.54, 1.807) is 0 Å². The number of carbonyl (C=O) groups is 1. The predicted molar refractivity (Wildman–Crippen MR) is 75.4 cm³/mol. The highest BCUT2D eigenvalue weighted by Crippen LogP contribution is 2.42. The third kappa shape index (κ3) is 4.62. The number of ether oxygens (including phenoxy) is 1. The minimum absolute atomic E-state index is 0.00301. The molecular formula is C16H30O2. The normalized spacial score (nSPS) is 18.4. The summed E-state index contributed by atoms with van der Waals surface area (Å²) in [7, 11) is 0. The Morgan fingerprint density at radius 3 is 1.89 bits per heavy atom. The molecule has 18 heavy (non-hydrogen) atoms. The van der Waals surface area contributed by atoms with Gasteiger partial charge in [0.1, 0.15) is 6.10 Å². The summed E-state index contributed by atoms with van der Waals surface area (Å²) >= 11 is 0. The molecule has 0 N–H and O–H groups in total. The van der Waals surface area contributed by atoms with E-state index in [9.17, 15) is 4.79 Å². The Balaban J connectivity index is 2.58. The molecule has 0 bridgehead atoms. The molecule has 1 aliphatic rings. The minimum Gasteiger partial charge on any atom is -0.462 e. The maximum Gasteiger partial charge on any atom is 0.306 e. The van der Waals surface area contributed by atoms with Crippen molar-refractivity contribution in [3.05, 3.63) is 0 Å². The number of hydrogen-bond donors (Lipinski definition) is 0. The Bertz CT molecular complexity index is 260. The van der Waals surface area contributed by atoms with E-state index in [4.69, 9.17) is 4.74 Å². The van der Waals surface area contributed by atoms with Crippen LogP contribution in [0.25, 0.3) is 0 Å². The van der Waals surface area contributed by atoms with Crippen molar-refractivity contribution in [3.8, 4) is 0 Å². The second-order valence-corrected chi connectivity index (χ2v) is 7.89. The molecule has 0 atom stereocenters. The van der Waals surface area contributed by atoms with Gasteiger partial charge in [0.25, 0.3) is 0 Å². The van der Waals surface area contributed by atoms with Crippen LogP contribution in [0.2, 0.25) is 0 Å².